The summed E-state index contributed by atoms with van der Waals surface area (Å²) in [7, 11) is 1.58. The number of ether oxygens (including phenoxy) is 1. The van der Waals surface area contributed by atoms with Crippen LogP contribution in [0, 0.1) is 6.92 Å². The lowest BCUT2D eigenvalue weighted by Crippen LogP contribution is -2.36. The fraction of sp³-hybridized carbons (Fsp3) is 0.333. The molecule has 33 heavy (non-hydrogen) atoms. The molecule has 0 saturated carbocycles. The Morgan fingerprint density at radius 2 is 1.88 bits per heavy atom. The van der Waals surface area contributed by atoms with Crippen molar-refractivity contribution in [2.24, 2.45) is 0 Å². The van der Waals surface area contributed by atoms with Crippen molar-refractivity contribution in [3.8, 4) is 11.4 Å². The van der Waals surface area contributed by atoms with E-state index < -0.39 is 0 Å². The second-order valence-electron chi connectivity index (χ2n) is 8.18. The number of amides is 1. The van der Waals surface area contributed by atoms with Crippen LogP contribution in [-0.2, 0) is 4.79 Å². The summed E-state index contributed by atoms with van der Waals surface area (Å²) in [6, 6.07) is 13.1. The van der Waals surface area contributed by atoms with E-state index in [-0.39, 0.29) is 17.2 Å². The molecule has 8 nitrogen and oxygen atoms in total. The van der Waals surface area contributed by atoms with Gasteiger partial charge in [0.2, 0.25) is 11.7 Å². The summed E-state index contributed by atoms with van der Waals surface area (Å²) >= 11 is 1.35. The van der Waals surface area contributed by atoms with Crippen molar-refractivity contribution >= 4 is 34.3 Å². The first-order valence-electron chi connectivity index (χ1n) is 11.0. The van der Waals surface area contributed by atoms with Crippen molar-refractivity contribution in [1.29, 1.82) is 0 Å². The zero-order valence-corrected chi connectivity index (χ0v) is 19.5. The van der Waals surface area contributed by atoms with Crippen LogP contribution in [0.2, 0.25) is 0 Å². The molecule has 2 aromatic carbocycles. The number of rotatable bonds is 5. The average molecular weight is 464 g/mol. The van der Waals surface area contributed by atoms with Crippen LogP contribution >= 0.6 is 11.8 Å². The zero-order valence-electron chi connectivity index (χ0n) is 18.7. The van der Waals surface area contributed by atoms with E-state index in [4.69, 9.17) is 4.74 Å². The smallest absolute Gasteiger partial charge is 0.267 e. The molecule has 2 aromatic heterocycles. The van der Waals surface area contributed by atoms with E-state index in [2.05, 4.69) is 10.2 Å². The number of aromatic nitrogens is 4. The fourth-order valence-corrected chi connectivity index (χ4v) is 5.17. The van der Waals surface area contributed by atoms with Crippen molar-refractivity contribution in [3.63, 3.8) is 0 Å². The van der Waals surface area contributed by atoms with Gasteiger partial charge in [0.15, 0.2) is 5.16 Å². The Morgan fingerprint density at radius 1 is 1.09 bits per heavy atom. The van der Waals surface area contributed by atoms with Gasteiger partial charge in [-0.15, -0.1) is 10.2 Å². The van der Waals surface area contributed by atoms with Gasteiger partial charge in [0, 0.05) is 13.1 Å². The van der Waals surface area contributed by atoms with Gasteiger partial charge in [-0.3, -0.25) is 14.0 Å². The maximum absolute atomic E-state index is 13.6. The minimum absolute atomic E-state index is 0.106. The number of benzene rings is 2. The second kappa shape index (κ2) is 8.90. The molecule has 1 aliphatic rings. The van der Waals surface area contributed by atoms with Gasteiger partial charge in [-0.25, -0.2) is 4.57 Å². The van der Waals surface area contributed by atoms with Crippen LogP contribution in [0.5, 0.6) is 5.75 Å². The van der Waals surface area contributed by atoms with E-state index in [0.717, 1.165) is 31.5 Å². The molecule has 0 spiro atoms. The highest BCUT2D eigenvalue weighted by Crippen LogP contribution is 2.28. The summed E-state index contributed by atoms with van der Waals surface area (Å²) in [5.41, 5.74) is 2.10. The third kappa shape index (κ3) is 3.86. The number of para-hydroxylation sites is 1. The largest absolute Gasteiger partial charge is 0.495 e. The van der Waals surface area contributed by atoms with Crippen molar-refractivity contribution in [1.82, 2.24) is 24.1 Å². The maximum Gasteiger partial charge on any atom is 0.267 e. The van der Waals surface area contributed by atoms with E-state index in [1.165, 1.54) is 22.7 Å². The van der Waals surface area contributed by atoms with Crippen LogP contribution in [0.3, 0.4) is 0 Å². The number of nitrogens with zero attached hydrogens (tertiary/aromatic N) is 5. The van der Waals surface area contributed by atoms with E-state index in [1.54, 1.807) is 13.2 Å². The summed E-state index contributed by atoms with van der Waals surface area (Å²) in [5.74, 6) is 1.34. The molecule has 170 valence electrons. The van der Waals surface area contributed by atoms with Crippen molar-refractivity contribution in [3.05, 3.63) is 58.4 Å². The van der Waals surface area contributed by atoms with Gasteiger partial charge in [-0.1, -0.05) is 30.0 Å². The molecule has 0 bridgehead atoms. The minimum Gasteiger partial charge on any atom is -0.495 e. The molecule has 3 heterocycles. The number of hydrogen-bond donors (Lipinski definition) is 0. The van der Waals surface area contributed by atoms with Gasteiger partial charge < -0.3 is 9.64 Å². The number of methoxy groups -OCH3 is 1. The standard InChI is InChI=1S/C24H25N5O3S/c1-16-10-11-20(32-2)19(14-16)28-22(31)17-8-4-5-9-18(17)29-23(28)25-26-24(29)33-15-21(30)27-12-6-3-7-13-27/h4-5,8-11,14H,3,6-7,12-13,15H2,1-2H3. The number of thioether (sulfide) groups is 1. The summed E-state index contributed by atoms with van der Waals surface area (Å²) in [4.78, 5) is 28.2. The molecule has 0 aliphatic carbocycles. The van der Waals surface area contributed by atoms with Gasteiger partial charge in [0.05, 0.1) is 29.5 Å². The van der Waals surface area contributed by atoms with Gasteiger partial charge >= 0.3 is 0 Å². The molecule has 1 fully saturated rings. The topological polar surface area (TPSA) is 81.7 Å². The summed E-state index contributed by atoms with van der Waals surface area (Å²) < 4.78 is 8.94. The van der Waals surface area contributed by atoms with Crippen molar-refractivity contribution in [2.45, 2.75) is 31.3 Å². The third-order valence-corrected chi connectivity index (χ3v) is 6.92. The highest BCUT2D eigenvalue weighted by atomic mass is 32.2. The average Bonchev–Trinajstić information content (AvgIpc) is 3.27. The van der Waals surface area contributed by atoms with Gasteiger partial charge in [0.25, 0.3) is 5.56 Å². The molecule has 4 aromatic rings. The molecule has 1 amide bonds. The summed E-state index contributed by atoms with van der Waals surface area (Å²) in [6.07, 6.45) is 3.29. The number of piperidine rings is 1. The van der Waals surface area contributed by atoms with Crippen LogP contribution in [0.15, 0.2) is 52.4 Å². The normalized spacial score (nSPS) is 14.2. The SMILES string of the molecule is COc1ccc(C)cc1-n1c(=O)c2ccccc2n2c(SCC(=O)N3CCCCC3)nnc12. The first kappa shape index (κ1) is 21.5. The lowest BCUT2D eigenvalue weighted by molar-refractivity contribution is -0.129. The number of carbonyl (C=O) groups is 1. The highest BCUT2D eigenvalue weighted by Gasteiger charge is 2.22. The lowest BCUT2D eigenvalue weighted by atomic mass is 10.1. The molecular formula is C24H25N5O3S. The van der Waals surface area contributed by atoms with Gasteiger partial charge in [-0.05, 0) is 56.0 Å². The first-order valence-corrected chi connectivity index (χ1v) is 12.0. The van der Waals surface area contributed by atoms with Crippen LogP contribution in [0.4, 0.5) is 0 Å². The summed E-state index contributed by atoms with van der Waals surface area (Å²) in [6.45, 7) is 3.59. The molecule has 9 heteroatoms. The lowest BCUT2D eigenvalue weighted by Gasteiger charge is -2.26. The number of likely N-dealkylation sites (tertiary alicyclic amines) is 1. The fourth-order valence-electron chi connectivity index (χ4n) is 4.32. The molecular weight excluding hydrogens is 438 g/mol. The molecule has 0 atom stereocenters. The summed E-state index contributed by atoms with van der Waals surface area (Å²) in [5, 5.41) is 9.86. The molecule has 0 N–H and O–H groups in total. The van der Waals surface area contributed by atoms with Gasteiger partial charge in [0.1, 0.15) is 5.75 Å². The van der Waals surface area contributed by atoms with E-state index >= 15 is 0 Å². The monoisotopic (exact) mass is 463 g/mol. The number of hydrogen-bond acceptors (Lipinski definition) is 6. The number of carbonyl (C=O) groups excluding carboxylic acids is 1. The van der Waals surface area contributed by atoms with Gasteiger partial charge in [-0.2, -0.15) is 0 Å². The second-order valence-corrected chi connectivity index (χ2v) is 9.12. The van der Waals surface area contributed by atoms with Crippen LogP contribution < -0.4 is 10.3 Å². The molecule has 0 unspecified atom stereocenters. The van der Waals surface area contributed by atoms with E-state index in [1.807, 2.05) is 52.6 Å². The zero-order chi connectivity index (χ0) is 22.9. The van der Waals surface area contributed by atoms with Crippen molar-refractivity contribution in [2.75, 3.05) is 26.0 Å². The molecule has 5 rings (SSSR count). The Labute approximate surface area is 195 Å². The maximum atomic E-state index is 13.6. The molecule has 1 aliphatic heterocycles. The van der Waals surface area contributed by atoms with Crippen LogP contribution in [-0.4, -0.2) is 55.9 Å². The Hall–Kier alpha value is -3.33. The number of aryl methyl sites for hydroxylation is 1. The van der Waals surface area contributed by atoms with Crippen LogP contribution in [0.25, 0.3) is 22.4 Å². The van der Waals surface area contributed by atoms with E-state index in [9.17, 15) is 9.59 Å². The Kier molecular flexibility index (Phi) is 5.80. The minimum atomic E-state index is -0.199. The molecule has 1 saturated heterocycles. The predicted molar refractivity (Wildman–Crippen MR) is 129 cm³/mol. The third-order valence-electron chi connectivity index (χ3n) is 6.00. The predicted octanol–water partition coefficient (Wildman–Crippen LogP) is 3.46. The van der Waals surface area contributed by atoms with E-state index in [0.29, 0.717) is 33.3 Å². The highest BCUT2D eigenvalue weighted by molar-refractivity contribution is 7.99. The quantitative estimate of drug-likeness (QED) is 0.422. The number of fused-ring (bicyclic) bond motifs is 3. The first-order chi connectivity index (χ1) is 16.1. The molecule has 0 radical (unpaired) electrons. The Morgan fingerprint density at radius 3 is 2.67 bits per heavy atom. The van der Waals surface area contributed by atoms with Crippen LogP contribution in [0.1, 0.15) is 24.8 Å². The Bertz CT molecular complexity index is 1400. The van der Waals surface area contributed by atoms with Crippen molar-refractivity contribution < 1.29 is 9.53 Å². The Balaban J connectivity index is 1.65.